The van der Waals surface area contributed by atoms with Gasteiger partial charge in [-0.3, -0.25) is 9.59 Å². The summed E-state index contributed by atoms with van der Waals surface area (Å²) in [5.41, 5.74) is -0.879. The number of rotatable bonds is 0. The number of ketones is 1. The summed E-state index contributed by atoms with van der Waals surface area (Å²) in [4.78, 5) is 23.8. The lowest BCUT2D eigenvalue weighted by Crippen LogP contribution is -2.49. The lowest BCUT2D eigenvalue weighted by Gasteiger charge is -2.39. The van der Waals surface area contributed by atoms with E-state index in [1.54, 1.807) is 27.7 Å². The van der Waals surface area contributed by atoms with E-state index in [0.717, 1.165) is 5.57 Å². The number of esters is 1. The highest BCUT2D eigenvalue weighted by Crippen LogP contribution is 2.43. The first-order valence-corrected chi connectivity index (χ1v) is 5.07. The number of Topliss-reactive ketones (excluding diaryl/α,β-unsaturated/α-hetero) is 1. The van der Waals surface area contributed by atoms with Gasteiger partial charge in [0.15, 0.2) is 5.78 Å². The Bertz CT molecular complexity index is 355. The normalized spacial score (nSPS) is 23.7. The number of hydrogen-bond acceptors (Lipinski definition) is 3. The standard InChI is InChI=1S/C12H18O3/c1-7(2)8-11(3,4)9(13)12(5,6)10(14)15-8/h1-6H3. The quantitative estimate of drug-likeness (QED) is 0.455. The third-order valence-corrected chi connectivity index (χ3v) is 2.86. The van der Waals surface area contributed by atoms with Crippen LogP contribution in [0.4, 0.5) is 0 Å². The highest BCUT2D eigenvalue weighted by atomic mass is 16.5. The van der Waals surface area contributed by atoms with Crippen LogP contribution in [0, 0.1) is 10.8 Å². The Morgan fingerprint density at radius 2 is 1.47 bits per heavy atom. The number of cyclic esters (lactones) is 1. The lowest BCUT2D eigenvalue weighted by atomic mass is 9.69. The molecule has 1 saturated heterocycles. The summed E-state index contributed by atoms with van der Waals surface area (Å²) in [5, 5.41) is 0. The second kappa shape index (κ2) is 3.19. The topological polar surface area (TPSA) is 43.4 Å². The molecule has 1 fully saturated rings. The monoisotopic (exact) mass is 210 g/mol. The van der Waals surface area contributed by atoms with Crippen molar-refractivity contribution in [2.45, 2.75) is 41.5 Å². The molecule has 0 atom stereocenters. The van der Waals surface area contributed by atoms with E-state index in [1.807, 2.05) is 13.8 Å². The minimum absolute atomic E-state index is 0.0811. The number of carbonyl (C=O) groups excluding carboxylic acids is 2. The summed E-state index contributed by atoms with van der Waals surface area (Å²) < 4.78 is 5.27. The third kappa shape index (κ3) is 1.60. The lowest BCUT2D eigenvalue weighted by molar-refractivity contribution is -0.166. The van der Waals surface area contributed by atoms with Crippen molar-refractivity contribution in [1.29, 1.82) is 0 Å². The zero-order valence-electron chi connectivity index (χ0n) is 10.2. The minimum atomic E-state index is -1.04. The van der Waals surface area contributed by atoms with Crippen LogP contribution in [-0.2, 0) is 14.3 Å². The van der Waals surface area contributed by atoms with Gasteiger partial charge >= 0.3 is 5.97 Å². The van der Waals surface area contributed by atoms with Gasteiger partial charge in [0.1, 0.15) is 11.2 Å². The molecule has 0 aromatic rings. The van der Waals surface area contributed by atoms with E-state index in [4.69, 9.17) is 4.74 Å². The molecule has 1 aliphatic heterocycles. The molecule has 1 rings (SSSR count). The molecule has 0 aliphatic carbocycles. The Balaban J connectivity index is 3.33. The average Bonchev–Trinajstić information content (AvgIpc) is 2.09. The van der Waals surface area contributed by atoms with Crippen molar-refractivity contribution < 1.29 is 14.3 Å². The zero-order valence-corrected chi connectivity index (χ0v) is 10.2. The molecule has 15 heavy (non-hydrogen) atoms. The maximum absolute atomic E-state index is 12.2. The second-order valence-corrected chi connectivity index (χ2v) is 5.30. The molecule has 0 spiro atoms. The van der Waals surface area contributed by atoms with E-state index in [1.165, 1.54) is 0 Å². The fourth-order valence-corrected chi connectivity index (χ4v) is 2.05. The third-order valence-electron chi connectivity index (χ3n) is 2.86. The number of ether oxygens (including phenoxy) is 1. The van der Waals surface area contributed by atoms with Crippen LogP contribution in [0.15, 0.2) is 11.3 Å². The van der Waals surface area contributed by atoms with Gasteiger partial charge in [0.2, 0.25) is 0 Å². The Labute approximate surface area is 90.5 Å². The molecule has 0 unspecified atom stereocenters. The van der Waals surface area contributed by atoms with Crippen LogP contribution < -0.4 is 0 Å². The molecular formula is C12H18O3. The molecule has 1 aliphatic rings. The van der Waals surface area contributed by atoms with Gasteiger partial charge < -0.3 is 4.74 Å². The van der Waals surface area contributed by atoms with Gasteiger partial charge in [-0.05, 0) is 47.1 Å². The summed E-state index contributed by atoms with van der Waals surface area (Å²) in [7, 11) is 0. The van der Waals surface area contributed by atoms with E-state index in [-0.39, 0.29) is 5.78 Å². The Kier molecular flexibility index (Phi) is 2.54. The Morgan fingerprint density at radius 1 is 1.00 bits per heavy atom. The van der Waals surface area contributed by atoms with Gasteiger partial charge in [-0.2, -0.15) is 0 Å². The molecule has 0 saturated carbocycles. The van der Waals surface area contributed by atoms with Gasteiger partial charge in [-0.1, -0.05) is 0 Å². The van der Waals surface area contributed by atoms with Crippen LogP contribution in [0.2, 0.25) is 0 Å². The minimum Gasteiger partial charge on any atom is -0.429 e. The maximum atomic E-state index is 12.2. The van der Waals surface area contributed by atoms with Crippen molar-refractivity contribution in [2.75, 3.05) is 0 Å². The molecule has 0 radical (unpaired) electrons. The SMILES string of the molecule is CC(C)=C1OC(=O)C(C)(C)C(=O)C1(C)C. The predicted octanol–water partition coefficient (Wildman–Crippen LogP) is 2.46. The van der Waals surface area contributed by atoms with Gasteiger partial charge in [0.05, 0.1) is 5.41 Å². The maximum Gasteiger partial charge on any atom is 0.324 e. The van der Waals surface area contributed by atoms with Gasteiger partial charge in [-0.25, -0.2) is 0 Å². The smallest absolute Gasteiger partial charge is 0.324 e. The fourth-order valence-electron chi connectivity index (χ4n) is 2.05. The molecule has 3 heteroatoms. The highest BCUT2D eigenvalue weighted by molar-refractivity contribution is 6.09. The molecule has 84 valence electrons. The Hall–Kier alpha value is -1.12. The Morgan fingerprint density at radius 3 is 1.87 bits per heavy atom. The van der Waals surface area contributed by atoms with Crippen LogP contribution in [0.5, 0.6) is 0 Å². The van der Waals surface area contributed by atoms with E-state index >= 15 is 0 Å². The van der Waals surface area contributed by atoms with E-state index in [2.05, 4.69) is 0 Å². The predicted molar refractivity (Wildman–Crippen MR) is 57.0 cm³/mol. The van der Waals surface area contributed by atoms with E-state index in [0.29, 0.717) is 5.76 Å². The van der Waals surface area contributed by atoms with E-state index < -0.39 is 16.8 Å². The molecule has 0 aromatic carbocycles. The number of hydrogen-bond donors (Lipinski definition) is 0. The summed E-state index contributed by atoms with van der Waals surface area (Å²) in [6.45, 7) is 10.5. The van der Waals surface area contributed by atoms with Crippen LogP contribution >= 0.6 is 0 Å². The summed E-state index contributed by atoms with van der Waals surface area (Å²) in [6, 6.07) is 0. The molecular weight excluding hydrogens is 192 g/mol. The highest BCUT2D eigenvalue weighted by Gasteiger charge is 2.53. The summed E-state index contributed by atoms with van der Waals surface area (Å²) >= 11 is 0. The van der Waals surface area contributed by atoms with Crippen molar-refractivity contribution in [3.05, 3.63) is 11.3 Å². The average molecular weight is 210 g/mol. The molecule has 0 bridgehead atoms. The molecule has 0 aromatic heterocycles. The van der Waals surface area contributed by atoms with Gasteiger partial charge in [-0.15, -0.1) is 0 Å². The van der Waals surface area contributed by atoms with Crippen molar-refractivity contribution >= 4 is 11.8 Å². The number of allylic oxidation sites excluding steroid dienone is 2. The fraction of sp³-hybridized carbons (Fsp3) is 0.667. The van der Waals surface area contributed by atoms with Crippen molar-refractivity contribution in [1.82, 2.24) is 0 Å². The molecule has 0 N–H and O–H groups in total. The molecule has 3 nitrogen and oxygen atoms in total. The van der Waals surface area contributed by atoms with Crippen molar-refractivity contribution in [3.8, 4) is 0 Å². The van der Waals surface area contributed by atoms with Crippen LogP contribution in [0.1, 0.15) is 41.5 Å². The van der Waals surface area contributed by atoms with Crippen molar-refractivity contribution in [3.63, 3.8) is 0 Å². The van der Waals surface area contributed by atoms with Gasteiger partial charge in [0, 0.05) is 0 Å². The van der Waals surface area contributed by atoms with Crippen LogP contribution in [-0.4, -0.2) is 11.8 Å². The molecule has 0 amide bonds. The zero-order chi connectivity index (χ0) is 12.0. The molecule has 1 heterocycles. The first-order chi connectivity index (χ1) is 6.61. The number of carbonyl (C=O) groups is 2. The first kappa shape index (κ1) is 12.0. The van der Waals surface area contributed by atoms with Crippen LogP contribution in [0.25, 0.3) is 0 Å². The largest absolute Gasteiger partial charge is 0.429 e. The first-order valence-electron chi connectivity index (χ1n) is 5.07. The summed E-state index contributed by atoms with van der Waals surface area (Å²) in [5.74, 6) is -0.0395. The van der Waals surface area contributed by atoms with Crippen LogP contribution in [0.3, 0.4) is 0 Å². The second-order valence-electron chi connectivity index (χ2n) is 5.30. The summed E-state index contributed by atoms with van der Waals surface area (Å²) in [6.07, 6.45) is 0. The van der Waals surface area contributed by atoms with Gasteiger partial charge in [0.25, 0.3) is 0 Å². The van der Waals surface area contributed by atoms with E-state index in [9.17, 15) is 9.59 Å². The van der Waals surface area contributed by atoms with Crippen molar-refractivity contribution in [2.24, 2.45) is 10.8 Å².